The van der Waals surface area contributed by atoms with E-state index in [4.69, 9.17) is 90.4 Å². The van der Waals surface area contributed by atoms with Crippen molar-refractivity contribution in [1.29, 1.82) is 0 Å². The molecule has 0 radical (unpaired) electrons. The topological polar surface area (TPSA) is 172 Å². The fourth-order valence-corrected chi connectivity index (χ4v) is 13.9. The summed E-state index contributed by atoms with van der Waals surface area (Å²) in [4.78, 5) is 0. The molecule has 14 bridgehead atoms. The van der Waals surface area contributed by atoms with Gasteiger partial charge in [0.15, 0.2) is 53.8 Å². The van der Waals surface area contributed by atoms with Gasteiger partial charge in [-0.25, -0.2) is 16.8 Å². The Labute approximate surface area is 603 Å². The predicted molar refractivity (Wildman–Crippen MR) is 377 cm³/mol. The minimum atomic E-state index is -6.09. The average molecular weight is 1600 g/mol. The summed E-state index contributed by atoms with van der Waals surface area (Å²) in [5, 5.41) is 15.5. The Morgan fingerprint density at radius 1 is 0.371 bits per heavy atom. The molecule has 2 atom stereocenters. The van der Waals surface area contributed by atoms with Crippen molar-refractivity contribution in [3.63, 3.8) is 0 Å². The Hall–Kier alpha value is -4.38. The van der Waals surface area contributed by atoms with Crippen LogP contribution in [0.1, 0.15) is 187 Å². The molecule has 1 aliphatic carbocycles. The van der Waals surface area contributed by atoms with Gasteiger partial charge in [0.05, 0.1) is 10.7 Å². The first-order chi connectivity index (χ1) is 44.0. The number of phenols is 1. The molecule has 5 aliphatic heterocycles. The van der Waals surface area contributed by atoms with Gasteiger partial charge in [-0.05, 0) is 90.3 Å². The third-order valence-electron chi connectivity index (χ3n) is 15.8. The number of hydrogen-bond acceptors (Lipinski definition) is 11. The smallest absolute Gasteiger partial charge is 0.741 e. The Morgan fingerprint density at radius 3 is 0.680 bits per heavy atom. The van der Waals surface area contributed by atoms with Crippen molar-refractivity contribution in [1.82, 2.24) is 0 Å². The van der Waals surface area contributed by atoms with Crippen molar-refractivity contribution in [2.24, 2.45) is 0 Å². The number of aromatic hydroxyl groups is 1. The van der Waals surface area contributed by atoms with Crippen molar-refractivity contribution in [3.05, 3.63) is 205 Å². The minimum Gasteiger partial charge on any atom is -0.741 e. The molecule has 7 aromatic carbocycles. The maximum absolute atomic E-state index is 13.0. The number of phenolic OH excluding ortho intramolecular Hbond substituents is 1. The Bertz CT molecular complexity index is 3880. The van der Waals surface area contributed by atoms with E-state index in [0.29, 0.717) is 37.9 Å². The summed E-state index contributed by atoms with van der Waals surface area (Å²) in [6.45, 7) is 34.4. The summed E-state index contributed by atoms with van der Waals surface area (Å²) in [6, 6.07) is 44.6. The molecule has 0 spiro atoms. The molecular weight excluding hydrogens is 1520 g/mol. The van der Waals surface area contributed by atoms with E-state index in [1.54, 1.807) is 0 Å². The van der Waals surface area contributed by atoms with Crippen LogP contribution in [-0.4, -0.2) is 52.7 Å². The van der Waals surface area contributed by atoms with Gasteiger partial charge in [-0.15, -0.1) is 46.4 Å². The van der Waals surface area contributed by atoms with Gasteiger partial charge in [0.25, 0.3) is 0 Å². The molecule has 13 rings (SSSR count). The minimum absolute atomic E-state index is 0. The maximum Gasteiger partial charge on any atom is 2.00 e. The van der Waals surface area contributed by atoms with Gasteiger partial charge in [0, 0.05) is 76.6 Å². The van der Waals surface area contributed by atoms with Crippen LogP contribution in [0.15, 0.2) is 121 Å². The summed E-state index contributed by atoms with van der Waals surface area (Å²) in [6.07, 6.45) is 2.74. The van der Waals surface area contributed by atoms with E-state index in [1.807, 2.05) is 0 Å². The van der Waals surface area contributed by atoms with Crippen LogP contribution < -0.4 is 28.7 Å². The van der Waals surface area contributed by atoms with Gasteiger partial charge in [0.1, 0.15) is 5.75 Å². The van der Waals surface area contributed by atoms with Crippen LogP contribution in [0, 0.1) is 0 Å². The second-order valence-electron chi connectivity index (χ2n) is 28.5. The van der Waals surface area contributed by atoms with Crippen LogP contribution in [0.3, 0.4) is 0 Å². The molecule has 11 nitrogen and oxygen atoms in total. The SMILES string of the molecule is CC(C)(C)c1cc2c(O)c(c1)Cc1cc(C(C)(C)C)cc3c1O[PH+](c1ccccc1)Oc1c(cc(C(C)(C)C)cc1Cc1cc(C(C)(C)C)cc4c1O[PH+](c1ccccc1)Oc1c(cc(C(C)(C)C)cc1C4)C2)C3.ClCCl.ClCCl.O=S(=O)([O-])C(F)(F)F.O=S(=O)([O-])C(F)(F)F.[Pd+2]. The largest absolute Gasteiger partial charge is 2.00 e. The molecular formula is C71H82Cl4F6O11P2PdS2+2. The van der Waals surface area contributed by atoms with Crippen molar-refractivity contribution in [2.45, 2.75) is 174 Å². The van der Waals surface area contributed by atoms with E-state index < -0.39 is 48.0 Å². The van der Waals surface area contributed by atoms with Gasteiger partial charge < -0.3 is 32.3 Å². The molecule has 0 amide bonds. The zero-order valence-corrected chi connectivity index (χ0v) is 64.7. The van der Waals surface area contributed by atoms with Crippen LogP contribution >= 0.6 is 63.2 Å². The van der Waals surface area contributed by atoms with E-state index in [-0.39, 0.29) is 58.2 Å². The van der Waals surface area contributed by atoms with Crippen molar-refractivity contribution in [2.75, 3.05) is 10.7 Å². The fourth-order valence-electron chi connectivity index (χ4n) is 10.6. The third kappa shape index (κ3) is 21.8. The number of alkyl halides is 10. The van der Waals surface area contributed by atoms with Gasteiger partial charge >= 0.3 is 48.2 Å². The summed E-state index contributed by atoms with van der Waals surface area (Å²) in [5.41, 5.74) is 4.56. The first-order valence-electron chi connectivity index (χ1n) is 30.3. The van der Waals surface area contributed by atoms with Gasteiger partial charge in [-0.3, -0.25) is 0 Å². The molecule has 26 heteroatoms. The van der Waals surface area contributed by atoms with E-state index in [1.165, 1.54) is 22.3 Å². The summed E-state index contributed by atoms with van der Waals surface area (Å²) < 4.78 is 148. The molecule has 5 heterocycles. The molecule has 97 heavy (non-hydrogen) atoms. The molecule has 532 valence electrons. The Balaban J connectivity index is 0.000000641. The number of halogens is 10. The zero-order valence-electron chi connectivity index (χ0n) is 56.4. The van der Waals surface area contributed by atoms with Crippen LogP contribution in [-0.2, 0) is 99.8 Å². The molecule has 1 N–H and O–H groups in total. The van der Waals surface area contributed by atoms with Crippen LogP contribution in [0.2, 0.25) is 0 Å². The second-order valence-corrected chi connectivity index (χ2v) is 36.0. The zero-order chi connectivity index (χ0) is 72.3. The maximum atomic E-state index is 13.0. The van der Waals surface area contributed by atoms with Crippen LogP contribution in [0.25, 0.3) is 0 Å². The summed E-state index contributed by atoms with van der Waals surface area (Å²) in [7, 11) is -16.7. The summed E-state index contributed by atoms with van der Waals surface area (Å²) >= 11 is 19.1. The Kier molecular flexibility index (Phi) is 27.7. The molecule has 0 fully saturated rings. The molecule has 2 unspecified atom stereocenters. The van der Waals surface area contributed by atoms with Crippen LogP contribution in [0.4, 0.5) is 26.3 Å². The average Bonchev–Trinajstić information content (AvgIpc) is 0.755. The summed E-state index contributed by atoms with van der Waals surface area (Å²) in [5.74, 6) is 3.77. The van der Waals surface area contributed by atoms with Crippen LogP contribution in [0.5, 0.6) is 28.7 Å². The monoisotopic (exact) mass is 1600 g/mol. The van der Waals surface area contributed by atoms with Crippen molar-refractivity contribution < 1.29 is 95.9 Å². The predicted octanol–water partition coefficient (Wildman–Crippen LogP) is 19.4. The van der Waals surface area contributed by atoms with E-state index >= 15 is 0 Å². The van der Waals surface area contributed by atoms with E-state index in [0.717, 1.165) is 94.8 Å². The molecule has 0 saturated carbocycles. The third-order valence-corrected chi connectivity index (χ3v) is 20.1. The molecule has 7 aromatic rings. The normalized spacial score (nSPS) is 15.5. The number of rotatable bonds is 2. The molecule has 0 aromatic heterocycles. The van der Waals surface area contributed by atoms with E-state index in [9.17, 15) is 31.4 Å². The second kappa shape index (κ2) is 32.3. The molecule has 0 saturated heterocycles. The van der Waals surface area contributed by atoms with Crippen molar-refractivity contribution in [3.8, 4) is 28.7 Å². The van der Waals surface area contributed by atoms with Gasteiger partial charge in [-0.1, -0.05) is 201 Å². The number of hydrogen-bond donors (Lipinski definition) is 1. The fraction of sp³-hybridized carbons (Fsp3) is 0.408. The first-order valence-corrected chi connectivity index (χ1v) is 37.9. The Morgan fingerprint density at radius 2 is 0.526 bits per heavy atom. The molecule has 6 aliphatic rings. The van der Waals surface area contributed by atoms with Gasteiger partial charge in [-0.2, -0.15) is 26.3 Å². The number of benzene rings is 7. The van der Waals surface area contributed by atoms with Gasteiger partial charge in [0.2, 0.25) is 0 Å². The van der Waals surface area contributed by atoms with E-state index in [2.05, 4.69) is 225 Å². The standard InChI is InChI=1S/C67H76O5P2.2CH2Cl2.2CHF3O3S.Pd/c1-63(2,3)51-31-41-26-43-33-52(64(4,5)6)35-45-28-47-37-54(66(10,11)12)39-49(61(47)71-73(69-59(43)45)56-22-18-16-19-23-56)30-50-40-55(67(13,14)15)38-48-29-46-36-53(65(7,8)9)34-44(27-42(32-51)58(41)68)60(46)70-74(72-62(48)50)57-24-20-17-21-25-57;2*2-1-3;2*2-1(3,4)8(5,6)7;/h16-25,31-40,68H,26-30H2,1-15H3;2*1H2;2*(H,5,6,7);/q;;;;;+2. The van der Waals surface area contributed by atoms with Crippen molar-refractivity contribution >= 4 is 94.0 Å². The first kappa shape index (κ1) is 83.3. The quantitative estimate of drug-likeness (QED) is 0.0436.